The van der Waals surface area contributed by atoms with Gasteiger partial charge in [-0.15, -0.1) is 0 Å². The third kappa shape index (κ3) is 4.28. The van der Waals surface area contributed by atoms with Gasteiger partial charge in [0.05, 0.1) is 12.5 Å². The first-order valence-electron chi connectivity index (χ1n) is 4.80. The lowest BCUT2D eigenvalue weighted by molar-refractivity contribution is -0.144. The maximum absolute atomic E-state index is 11.1. The van der Waals surface area contributed by atoms with Gasteiger partial charge in [0.2, 0.25) is 0 Å². The second-order valence-corrected chi connectivity index (χ2v) is 3.31. The lowest BCUT2D eigenvalue weighted by Gasteiger charge is -2.04. The SMILES string of the molecule is Cc1cccc(COC(=O)CCC#N)c1. The van der Waals surface area contributed by atoms with Crippen LogP contribution in [0.25, 0.3) is 0 Å². The van der Waals surface area contributed by atoms with Gasteiger partial charge in [-0.25, -0.2) is 0 Å². The van der Waals surface area contributed by atoms with Crippen LogP contribution in [0.4, 0.5) is 0 Å². The molecule has 0 unspecified atom stereocenters. The van der Waals surface area contributed by atoms with Crippen LogP contribution in [0.3, 0.4) is 0 Å². The van der Waals surface area contributed by atoms with Crippen LogP contribution < -0.4 is 0 Å². The van der Waals surface area contributed by atoms with Crippen molar-refractivity contribution in [2.24, 2.45) is 0 Å². The van der Waals surface area contributed by atoms with Gasteiger partial charge in [0.25, 0.3) is 0 Å². The molecule has 15 heavy (non-hydrogen) atoms. The van der Waals surface area contributed by atoms with Crippen molar-refractivity contribution >= 4 is 5.97 Å². The predicted molar refractivity (Wildman–Crippen MR) is 55.8 cm³/mol. The highest BCUT2D eigenvalue weighted by molar-refractivity contribution is 5.69. The maximum Gasteiger partial charge on any atom is 0.307 e. The number of rotatable bonds is 4. The number of hydrogen-bond donors (Lipinski definition) is 0. The van der Waals surface area contributed by atoms with Crippen molar-refractivity contribution in [2.75, 3.05) is 0 Å². The van der Waals surface area contributed by atoms with Gasteiger partial charge in [-0.2, -0.15) is 5.26 Å². The Morgan fingerprint density at radius 1 is 1.53 bits per heavy atom. The fraction of sp³-hybridized carbons (Fsp3) is 0.333. The molecule has 0 amide bonds. The van der Waals surface area contributed by atoms with E-state index in [-0.39, 0.29) is 25.4 Å². The molecule has 3 heteroatoms. The van der Waals surface area contributed by atoms with Crippen LogP contribution in [0.1, 0.15) is 24.0 Å². The van der Waals surface area contributed by atoms with Gasteiger partial charge in [0, 0.05) is 6.42 Å². The molecule has 0 heterocycles. The van der Waals surface area contributed by atoms with Crippen molar-refractivity contribution in [2.45, 2.75) is 26.4 Å². The average Bonchev–Trinajstić information content (AvgIpc) is 2.23. The molecule has 0 atom stereocenters. The quantitative estimate of drug-likeness (QED) is 0.706. The minimum absolute atomic E-state index is 0.169. The standard InChI is InChI=1S/C12H13NO2/c1-10-4-2-5-11(8-10)9-15-12(14)6-3-7-13/h2,4-5,8H,3,6,9H2,1H3. The summed E-state index contributed by atoms with van der Waals surface area (Å²) in [4.78, 5) is 11.1. The minimum atomic E-state index is -0.321. The summed E-state index contributed by atoms with van der Waals surface area (Å²) in [7, 11) is 0. The summed E-state index contributed by atoms with van der Waals surface area (Å²) < 4.78 is 5.00. The number of esters is 1. The largest absolute Gasteiger partial charge is 0.461 e. The third-order valence-corrected chi connectivity index (χ3v) is 1.92. The van der Waals surface area contributed by atoms with Crippen LogP contribution in [0.5, 0.6) is 0 Å². The van der Waals surface area contributed by atoms with Gasteiger partial charge in [-0.3, -0.25) is 4.79 Å². The molecule has 1 aromatic carbocycles. The molecule has 3 nitrogen and oxygen atoms in total. The molecular formula is C12H13NO2. The van der Waals surface area contributed by atoms with Crippen molar-refractivity contribution in [1.29, 1.82) is 5.26 Å². The molecule has 0 spiro atoms. The number of aryl methyl sites for hydroxylation is 1. The van der Waals surface area contributed by atoms with Crippen molar-refractivity contribution in [3.63, 3.8) is 0 Å². The summed E-state index contributed by atoms with van der Waals surface area (Å²) in [6, 6.07) is 9.69. The Morgan fingerprint density at radius 2 is 2.33 bits per heavy atom. The van der Waals surface area contributed by atoms with Crippen molar-refractivity contribution in [1.82, 2.24) is 0 Å². The molecule has 0 aliphatic rings. The molecular weight excluding hydrogens is 190 g/mol. The molecule has 1 aromatic rings. The lowest BCUT2D eigenvalue weighted by Crippen LogP contribution is -2.03. The zero-order chi connectivity index (χ0) is 11.1. The first-order valence-corrected chi connectivity index (χ1v) is 4.80. The van der Waals surface area contributed by atoms with Crippen LogP contribution >= 0.6 is 0 Å². The summed E-state index contributed by atoms with van der Waals surface area (Å²) in [5.74, 6) is -0.321. The first-order chi connectivity index (χ1) is 7.22. The fourth-order valence-electron chi connectivity index (χ4n) is 1.20. The number of carbonyl (C=O) groups is 1. The second-order valence-electron chi connectivity index (χ2n) is 3.31. The maximum atomic E-state index is 11.1. The summed E-state index contributed by atoms with van der Waals surface area (Å²) in [6.07, 6.45) is 0.384. The van der Waals surface area contributed by atoms with E-state index in [1.807, 2.05) is 37.3 Å². The summed E-state index contributed by atoms with van der Waals surface area (Å²) >= 11 is 0. The Kier molecular flexibility index (Phi) is 4.36. The number of nitriles is 1. The van der Waals surface area contributed by atoms with E-state index in [2.05, 4.69) is 0 Å². The molecule has 78 valence electrons. The van der Waals surface area contributed by atoms with Crippen LogP contribution in [0.15, 0.2) is 24.3 Å². The van der Waals surface area contributed by atoms with Crippen molar-refractivity contribution in [3.05, 3.63) is 35.4 Å². The van der Waals surface area contributed by atoms with E-state index in [9.17, 15) is 4.79 Å². The number of nitrogens with zero attached hydrogens (tertiary/aromatic N) is 1. The van der Waals surface area contributed by atoms with Crippen LogP contribution in [-0.2, 0) is 16.1 Å². The molecule has 0 saturated carbocycles. The Labute approximate surface area is 89.3 Å². The van der Waals surface area contributed by atoms with Crippen molar-refractivity contribution in [3.8, 4) is 6.07 Å². The average molecular weight is 203 g/mol. The Morgan fingerprint density at radius 3 is 3.00 bits per heavy atom. The normalized spacial score (nSPS) is 9.33. The molecule has 0 N–H and O–H groups in total. The highest BCUT2D eigenvalue weighted by Crippen LogP contribution is 2.06. The molecule has 0 saturated heterocycles. The highest BCUT2D eigenvalue weighted by Gasteiger charge is 2.02. The first kappa shape index (κ1) is 11.3. The number of benzene rings is 1. The van der Waals surface area contributed by atoms with E-state index in [1.54, 1.807) is 0 Å². The Bertz CT molecular complexity index is 379. The monoisotopic (exact) mass is 203 g/mol. The van der Waals surface area contributed by atoms with E-state index in [0.717, 1.165) is 11.1 Å². The van der Waals surface area contributed by atoms with Gasteiger partial charge in [-0.1, -0.05) is 29.8 Å². The molecule has 0 aliphatic heterocycles. The minimum Gasteiger partial charge on any atom is -0.461 e. The van der Waals surface area contributed by atoms with Gasteiger partial charge < -0.3 is 4.74 Å². The van der Waals surface area contributed by atoms with Gasteiger partial charge >= 0.3 is 5.97 Å². The summed E-state index contributed by atoms with van der Waals surface area (Å²) in [5, 5.41) is 8.28. The zero-order valence-electron chi connectivity index (χ0n) is 8.69. The fourth-order valence-corrected chi connectivity index (χ4v) is 1.20. The highest BCUT2D eigenvalue weighted by atomic mass is 16.5. The van der Waals surface area contributed by atoms with Gasteiger partial charge in [0.15, 0.2) is 0 Å². The predicted octanol–water partition coefficient (Wildman–Crippen LogP) is 2.34. The summed E-state index contributed by atoms with van der Waals surface area (Å²) in [6.45, 7) is 2.27. The van der Waals surface area contributed by atoms with Gasteiger partial charge in [-0.05, 0) is 12.5 Å². The Hall–Kier alpha value is -1.82. The van der Waals surface area contributed by atoms with E-state index in [4.69, 9.17) is 10.00 Å². The van der Waals surface area contributed by atoms with E-state index < -0.39 is 0 Å². The smallest absolute Gasteiger partial charge is 0.307 e. The van der Waals surface area contributed by atoms with Crippen LogP contribution in [0.2, 0.25) is 0 Å². The molecule has 1 rings (SSSR count). The van der Waals surface area contributed by atoms with E-state index in [0.29, 0.717) is 0 Å². The zero-order valence-corrected chi connectivity index (χ0v) is 8.69. The molecule has 0 fully saturated rings. The molecule has 0 aromatic heterocycles. The van der Waals surface area contributed by atoms with Gasteiger partial charge in [0.1, 0.15) is 6.61 Å². The molecule has 0 aliphatic carbocycles. The van der Waals surface area contributed by atoms with E-state index in [1.165, 1.54) is 0 Å². The third-order valence-electron chi connectivity index (χ3n) is 1.92. The van der Waals surface area contributed by atoms with E-state index >= 15 is 0 Å². The Balaban J connectivity index is 2.37. The number of hydrogen-bond acceptors (Lipinski definition) is 3. The lowest BCUT2D eigenvalue weighted by atomic mass is 10.1. The van der Waals surface area contributed by atoms with Crippen molar-refractivity contribution < 1.29 is 9.53 Å². The molecule has 0 bridgehead atoms. The van der Waals surface area contributed by atoms with Crippen LogP contribution in [0, 0.1) is 18.3 Å². The molecule has 0 radical (unpaired) electrons. The topological polar surface area (TPSA) is 50.1 Å². The van der Waals surface area contributed by atoms with Crippen LogP contribution in [-0.4, -0.2) is 5.97 Å². The summed E-state index contributed by atoms with van der Waals surface area (Å²) in [5.41, 5.74) is 2.11. The number of ether oxygens (including phenoxy) is 1. The number of carbonyl (C=O) groups excluding carboxylic acids is 1. The second kappa shape index (κ2) is 5.82.